The van der Waals surface area contributed by atoms with Crippen LogP contribution >= 0.6 is 0 Å². The molecule has 90 valence electrons. The van der Waals surface area contributed by atoms with Gasteiger partial charge in [0.2, 0.25) is 10.0 Å². The molecule has 0 heterocycles. The molecule has 0 amide bonds. The van der Waals surface area contributed by atoms with E-state index in [0.29, 0.717) is 17.7 Å². The van der Waals surface area contributed by atoms with Gasteiger partial charge in [-0.2, -0.15) is 0 Å². The van der Waals surface area contributed by atoms with Crippen molar-refractivity contribution < 1.29 is 13.5 Å². The largest absolute Gasteiger partial charge is 0.398 e. The van der Waals surface area contributed by atoms with Crippen molar-refractivity contribution in [2.45, 2.75) is 18.2 Å². The summed E-state index contributed by atoms with van der Waals surface area (Å²) in [6.07, 6.45) is 0.389. The molecule has 0 atom stereocenters. The van der Waals surface area contributed by atoms with Crippen molar-refractivity contribution in [3.8, 4) is 0 Å². The lowest BCUT2D eigenvalue weighted by Gasteiger charge is -2.10. The van der Waals surface area contributed by atoms with Crippen LogP contribution in [0.3, 0.4) is 0 Å². The van der Waals surface area contributed by atoms with Crippen LogP contribution in [-0.4, -0.2) is 26.7 Å². The number of hydrogen-bond acceptors (Lipinski definition) is 4. The van der Waals surface area contributed by atoms with Gasteiger partial charge in [-0.25, -0.2) is 13.1 Å². The maximum atomic E-state index is 11.8. The van der Waals surface area contributed by atoms with E-state index in [1.54, 1.807) is 19.1 Å². The number of sulfonamides is 1. The summed E-state index contributed by atoms with van der Waals surface area (Å²) in [5.74, 6) is 0. The fourth-order valence-corrected chi connectivity index (χ4v) is 2.63. The Morgan fingerprint density at radius 3 is 2.75 bits per heavy atom. The molecule has 0 saturated carbocycles. The first kappa shape index (κ1) is 13.0. The van der Waals surface area contributed by atoms with Crippen LogP contribution in [0.4, 0.5) is 5.69 Å². The fraction of sp³-hybridized carbons (Fsp3) is 0.400. The first-order valence-electron chi connectivity index (χ1n) is 4.94. The summed E-state index contributed by atoms with van der Waals surface area (Å²) in [7, 11) is -3.53. The van der Waals surface area contributed by atoms with Crippen LogP contribution in [0, 0.1) is 6.92 Å². The van der Waals surface area contributed by atoms with Crippen LogP contribution in [-0.2, 0) is 10.0 Å². The molecule has 0 fully saturated rings. The number of nitrogen functional groups attached to an aromatic ring is 1. The van der Waals surface area contributed by atoms with Crippen LogP contribution in [0.5, 0.6) is 0 Å². The van der Waals surface area contributed by atoms with E-state index < -0.39 is 10.0 Å². The first-order valence-corrected chi connectivity index (χ1v) is 6.43. The van der Waals surface area contributed by atoms with Gasteiger partial charge in [-0.1, -0.05) is 6.07 Å². The molecule has 16 heavy (non-hydrogen) atoms. The van der Waals surface area contributed by atoms with Gasteiger partial charge in [0.15, 0.2) is 0 Å². The van der Waals surface area contributed by atoms with Crippen molar-refractivity contribution in [3.05, 3.63) is 23.8 Å². The Hall–Kier alpha value is -1.11. The molecule has 1 aromatic rings. The number of aliphatic hydroxyl groups excluding tert-OH is 1. The van der Waals surface area contributed by atoms with Crippen LogP contribution in [0.1, 0.15) is 12.0 Å². The molecule has 5 nitrogen and oxygen atoms in total. The SMILES string of the molecule is Cc1c(N)cccc1S(=O)(=O)NCCCO. The molecular weight excluding hydrogens is 228 g/mol. The second-order valence-electron chi connectivity index (χ2n) is 3.45. The number of rotatable bonds is 5. The molecule has 6 heteroatoms. The molecular formula is C10H16N2O3S. The number of nitrogens with two attached hydrogens (primary N) is 1. The highest BCUT2D eigenvalue weighted by Gasteiger charge is 2.16. The summed E-state index contributed by atoms with van der Waals surface area (Å²) in [6.45, 7) is 1.83. The van der Waals surface area contributed by atoms with Crippen LogP contribution in [0.15, 0.2) is 23.1 Å². The highest BCUT2D eigenvalue weighted by molar-refractivity contribution is 7.89. The third kappa shape index (κ3) is 2.94. The van der Waals surface area contributed by atoms with E-state index in [1.807, 2.05) is 0 Å². The van der Waals surface area contributed by atoms with Crippen molar-refractivity contribution in [2.75, 3.05) is 18.9 Å². The monoisotopic (exact) mass is 244 g/mol. The number of aliphatic hydroxyl groups is 1. The molecule has 0 aliphatic heterocycles. The number of anilines is 1. The molecule has 0 bridgehead atoms. The van der Waals surface area contributed by atoms with Gasteiger partial charge >= 0.3 is 0 Å². The zero-order chi connectivity index (χ0) is 12.2. The molecule has 0 aliphatic carbocycles. The van der Waals surface area contributed by atoms with E-state index in [1.165, 1.54) is 6.07 Å². The van der Waals surface area contributed by atoms with E-state index >= 15 is 0 Å². The average molecular weight is 244 g/mol. The lowest BCUT2D eigenvalue weighted by atomic mass is 10.2. The molecule has 1 aromatic carbocycles. The predicted octanol–water partition coefficient (Wildman–Crippen LogP) is 0.238. The van der Waals surface area contributed by atoms with Gasteiger partial charge in [-0.05, 0) is 31.0 Å². The molecule has 0 spiro atoms. The van der Waals surface area contributed by atoms with Gasteiger partial charge in [0.25, 0.3) is 0 Å². The van der Waals surface area contributed by atoms with Crippen molar-refractivity contribution in [3.63, 3.8) is 0 Å². The normalized spacial score (nSPS) is 11.6. The third-order valence-corrected chi connectivity index (χ3v) is 3.85. The smallest absolute Gasteiger partial charge is 0.240 e. The maximum absolute atomic E-state index is 11.8. The van der Waals surface area contributed by atoms with Gasteiger partial charge in [-0.3, -0.25) is 0 Å². The molecule has 0 aliphatic rings. The molecule has 4 N–H and O–H groups in total. The van der Waals surface area contributed by atoms with Gasteiger partial charge in [-0.15, -0.1) is 0 Å². The quantitative estimate of drug-likeness (QED) is 0.511. The lowest BCUT2D eigenvalue weighted by molar-refractivity contribution is 0.289. The van der Waals surface area contributed by atoms with E-state index in [4.69, 9.17) is 10.8 Å². The third-order valence-electron chi connectivity index (χ3n) is 2.24. The number of nitrogens with one attached hydrogen (secondary N) is 1. The minimum atomic E-state index is -3.53. The Kier molecular flexibility index (Phi) is 4.28. The van der Waals surface area contributed by atoms with E-state index in [2.05, 4.69) is 4.72 Å². The minimum absolute atomic E-state index is 0.0432. The summed E-state index contributed by atoms with van der Waals surface area (Å²) >= 11 is 0. The molecule has 0 radical (unpaired) electrons. The maximum Gasteiger partial charge on any atom is 0.240 e. The van der Waals surface area contributed by atoms with Crippen molar-refractivity contribution in [1.82, 2.24) is 4.72 Å². The van der Waals surface area contributed by atoms with Crippen molar-refractivity contribution in [1.29, 1.82) is 0 Å². The summed E-state index contributed by atoms with van der Waals surface area (Å²) in [4.78, 5) is 0.186. The highest BCUT2D eigenvalue weighted by atomic mass is 32.2. The molecule has 1 rings (SSSR count). The highest BCUT2D eigenvalue weighted by Crippen LogP contribution is 2.19. The molecule has 0 saturated heterocycles. The van der Waals surface area contributed by atoms with Crippen LogP contribution in [0.2, 0.25) is 0 Å². The van der Waals surface area contributed by atoms with Crippen LogP contribution in [0.25, 0.3) is 0 Å². The summed E-state index contributed by atoms with van der Waals surface area (Å²) in [5.41, 5.74) is 6.63. The zero-order valence-electron chi connectivity index (χ0n) is 9.10. The topological polar surface area (TPSA) is 92.4 Å². The Balaban J connectivity index is 2.94. The standard InChI is InChI=1S/C10H16N2O3S/c1-8-9(11)4-2-5-10(8)16(14,15)12-6-3-7-13/h2,4-5,12-13H,3,6-7,11H2,1H3. The van der Waals surface area contributed by atoms with E-state index in [9.17, 15) is 8.42 Å². The van der Waals surface area contributed by atoms with Crippen molar-refractivity contribution >= 4 is 15.7 Å². The van der Waals surface area contributed by atoms with Gasteiger partial charge in [0.1, 0.15) is 0 Å². The van der Waals surface area contributed by atoms with Gasteiger partial charge in [0.05, 0.1) is 4.90 Å². The Morgan fingerprint density at radius 1 is 1.44 bits per heavy atom. The average Bonchev–Trinajstić information content (AvgIpc) is 2.22. The Labute approximate surface area is 95.3 Å². The summed E-state index contributed by atoms with van der Waals surface area (Å²) in [6, 6.07) is 4.76. The predicted molar refractivity (Wildman–Crippen MR) is 62.5 cm³/mol. The number of benzene rings is 1. The summed E-state index contributed by atoms with van der Waals surface area (Å²) in [5, 5.41) is 8.58. The first-order chi connectivity index (χ1) is 7.49. The Bertz CT molecular complexity index is 457. The summed E-state index contributed by atoms with van der Waals surface area (Å²) < 4.78 is 26.1. The second-order valence-corrected chi connectivity index (χ2v) is 5.18. The lowest BCUT2D eigenvalue weighted by Crippen LogP contribution is -2.26. The second kappa shape index (κ2) is 5.29. The zero-order valence-corrected chi connectivity index (χ0v) is 9.92. The molecule has 0 unspecified atom stereocenters. The van der Waals surface area contributed by atoms with E-state index in [-0.39, 0.29) is 18.0 Å². The molecule has 0 aromatic heterocycles. The minimum Gasteiger partial charge on any atom is -0.398 e. The Morgan fingerprint density at radius 2 is 2.12 bits per heavy atom. The van der Waals surface area contributed by atoms with Crippen LogP contribution < -0.4 is 10.5 Å². The fourth-order valence-electron chi connectivity index (χ4n) is 1.29. The number of hydrogen-bond donors (Lipinski definition) is 3. The van der Waals surface area contributed by atoms with Gasteiger partial charge < -0.3 is 10.8 Å². The van der Waals surface area contributed by atoms with Gasteiger partial charge in [0, 0.05) is 18.8 Å². The van der Waals surface area contributed by atoms with Crippen molar-refractivity contribution in [2.24, 2.45) is 0 Å². The van der Waals surface area contributed by atoms with E-state index in [0.717, 1.165) is 0 Å².